The van der Waals surface area contributed by atoms with Gasteiger partial charge in [-0.2, -0.15) is 0 Å². The molecule has 0 saturated carbocycles. The van der Waals surface area contributed by atoms with Gasteiger partial charge in [-0.3, -0.25) is 4.79 Å². The van der Waals surface area contributed by atoms with Crippen LogP contribution in [0.3, 0.4) is 0 Å². The first-order valence-corrected chi connectivity index (χ1v) is 7.21. The van der Waals surface area contributed by atoms with E-state index in [0.717, 1.165) is 43.7 Å². The van der Waals surface area contributed by atoms with Crippen molar-refractivity contribution in [3.63, 3.8) is 0 Å². The van der Waals surface area contributed by atoms with Crippen molar-refractivity contribution in [2.75, 3.05) is 20.2 Å². The lowest BCUT2D eigenvalue weighted by molar-refractivity contribution is -0.156. The summed E-state index contributed by atoms with van der Waals surface area (Å²) in [5.74, 6) is 0.705. The summed E-state index contributed by atoms with van der Waals surface area (Å²) in [5, 5.41) is 3.27. The van der Waals surface area contributed by atoms with E-state index in [0.29, 0.717) is 6.61 Å². The Morgan fingerprint density at radius 1 is 1.45 bits per heavy atom. The van der Waals surface area contributed by atoms with Gasteiger partial charge in [-0.15, -0.1) is 0 Å². The number of hydrogen-bond donors (Lipinski definition) is 1. The first kappa shape index (κ1) is 14.9. The summed E-state index contributed by atoms with van der Waals surface area (Å²) in [6, 6.07) is 7.62. The van der Waals surface area contributed by atoms with Crippen LogP contribution >= 0.6 is 0 Å². The Kier molecular flexibility index (Phi) is 5.01. The van der Waals surface area contributed by atoms with Gasteiger partial charge in [0.25, 0.3) is 0 Å². The molecule has 0 radical (unpaired) electrons. The van der Waals surface area contributed by atoms with E-state index in [1.165, 1.54) is 0 Å². The molecular formula is C16H23NO3. The van der Waals surface area contributed by atoms with Crippen molar-refractivity contribution >= 4 is 5.97 Å². The summed E-state index contributed by atoms with van der Waals surface area (Å²) in [6.45, 7) is 4.04. The molecule has 1 aliphatic rings. The van der Waals surface area contributed by atoms with Gasteiger partial charge in [0.2, 0.25) is 0 Å². The highest BCUT2D eigenvalue weighted by Crippen LogP contribution is 2.32. The number of ether oxygens (including phenoxy) is 2. The van der Waals surface area contributed by atoms with Crippen LogP contribution in [0.4, 0.5) is 0 Å². The third kappa shape index (κ3) is 3.31. The van der Waals surface area contributed by atoms with Crippen LogP contribution in [0, 0.1) is 5.41 Å². The van der Waals surface area contributed by atoms with Crippen molar-refractivity contribution in [2.45, 2.75) is 32.8 Å². The molecule has 1 aromatic carbocycles. The van der Waals surface area contributed by atoms with E-state index >= 15 is 0 Å². The van der Waals surface area contributed by atoms with Crippen LogP contribution < -0.4 is 10.1 Å². The summed E-state index contributed by atoms with van der Waals surface area (Å²) >= 11 is 0. The lowest BCUT2D eigenvalue weighted by Crippen LogP contribution is -2.35. The predicted octanol–water partition coefficient (Wildman–Crippen LogP) is 2.52. The minimum atomic E-state index is -0.326. The molecule has 0 spiro atoms. The third-order valence-corrected chi connectivity index (χ3v) is 3.91. The zero-order valence-corrected chi connectivity index (χ0v) is 12.3. The van der Waals surface area contributed by atoms with E-state index in [4.69, 9.17) is 9.47 Å². The van der Waals surface area contributed by atoms with E-state index < -0.39 is 0 Å². The first-order chi connectivity index (χ1) is 9.70. The minimum absolute atomic E-state index is 0.0767. The second-order valence-corrected chi connectivity index (χ2v) is 5.38. The van der Waals surface area contributed by atoms with Crippen LogP contribution in [0.2, 0.25) is 0 Å². The molecule has 1 atom stereocenters. The summed E-state index contributed by atoms with van der Waals surface area (Å²) in [5.41, 5.74) is 0.628. The van der Waals surface area contributed by atoms with Crippen LogP contribution in [0.1, 0.15) is 31.7 Å². The summed E-state index contributed by atoms with van der Waals surface area (Å²) in [7, 11) is 1.63. The Labute approximate surface area is 120 Å². The minimum Gasteiger partial charge on any atom is -0.497 e. The van der Waals surface area contributed by atoms with Gasteiger partial charge >= 0.3 is 5.97 Å². The number of nitrogens with one attached hydrogen (secondary N) is 1. The van der Waals surface area contributed by atoms with Gasteiger partial charge in [0.05, 0.1) is 12.5 Å². The molecule has 1 heterocycles. The fraction of sp³-hybridized carbons (Fsp3) is 0.562. The molecule has 4 heteroatoms. The lowest BCUT2D eigenvalue weighted by Gasteiger charge is -2.25. The van der Waals surface area contributed by atoms with Crippen LogP contribution in [-0.2, 0) is 16.1 Å². The maximum absolute atomic E-state index is 12.4. The Morgan fingerprint density at radius 3 is 2.95 bits per heavy atom. The second kappa shape index (κ2) is 6.75. The fourth-order valence-corrected chi connectivity index (χ4v) is 2.78. The maximum Gasteiger partial charge on any atom is 0.313 e. The number of carbonyl (C=O) groups is 1. The standard InChI is InChI=1S/C16H23NO3/c1-3-7-16(8-9-17-12-16)15(18)20-11-13-5-4-6-14(10-13)19-2/h4-6,10,17H,3,7-9,11-12H2,1-2H3. The quantitative estimate of drug-likeness (QED) is 0.812. The maximum atomic E-state index is 12.4. The topological polar surface area (TPSA) is 47.6 Å². The Hall–Kier alpha value is -1.55. The number of hydrogen-bond acceptors (Lipinski definition) is 4. The number of methoxy groups -OCH3 is 1. The Morgan fingerprint density at radius 2 is 2.30 bits per heavy atom. The Balaban J connectivity index is 1.96. The van der Waals surface area contributed by atoms with E-state index in [1.807, 2.05) is 24.3 Å². The number of benzene rings is 1. The lowest BCUT2D eigenvalue weighted by atomic mass is 9.82. The predicted molar refractivity (Wildman–Crippen MR) is 77.6 cm³/mol. The van der Waals surface area contributed by atoms with Crippen molar-refractivity contribution < 1.29 is 14.3 Å². The second-order valence-electron chi connectivity index (χ2n) is 5.38. The molecule has 1 saturated heterocycles. The molecule has 2 rings (SSSR count). The van der Waals surface area contributed by atoms with Crippen LogP contribution in [-0.4, -0.2) is 26.2 Å². The highest BCUT2D eigenvalue weighted by molar-refractivity contribution is 5.77. The van der Waals surface area contributed by atoms with E-state index in [2.05, 4.69) is 12.2 Å². The number of rotatable bonds is 6. The molecule has 0 aliphatic carbocycles. The highest BCUT2D eigenvalue weighted by atomic mass is 16.5. The third-order valence-electron chi connectivity index (χ3n) is 3.91. The largest absolute Gasteiger partial charge is 0.497 e. The van der Waals surface area contributed by atoms with Gasteiger partial charge in [0, 0.05) is 6.54 Å². The van der Waals surface area contributed by atoms with Crippen molar-refractivity contribution in [2.24, 2.45) is 5.41 Å². The molecule has 1 unspecified atom stereocenters. The molecule has 20 heavy (non-hydrogen) atoms. The van der Waals surface area contributed by atoms with Gasteiger partial charge in [0.1, 0.15) is 12.4 Å². The normalized spacial score (nSPS) is 21.7. The van der Waals surface area contributed by atoms with Gasteiger partial charge < -0.3 is 14.8 Å². The van der Waals surface area contributed by atoms with Gasteiger partial charge in [0.15, 0.2) is 0 Å². The molecule has 1 fully saturated rings. The zero-order chi connectivity index (χ0) is 14.4. The Bertz CT molecular complexity index is 453. The molecule has 0 aromatic heterocycles. The molecule has 0 bridgehead atoms. The summed E-state index contributed by atoms with van der Waals surface area (Å²) < 4.78 is 10.7. The molecule has 0 amide bonds. The molecule has 1 aromatic rings. The zero-order valence-electron chi connectivity index (χ0n) is 12.3. The van der Waals surface area contributed by atoms with E-state index in [9.17, 15) is 4.79 Å². The monoisotopic (exact) mass is 277 g/mol. The van der Waals surface area contributed by atoms with Crippen molar-refractivity contribution in [1.82, 2.24) is 5.32 Å². The molecule has 4 nitrogen and oxygen atoms in total. The van der Waals surface area contributed by atoms with Crippen LogP contribution in [0.5, 0.6) is 5.75 Å². The van der Waals surface area contributed by atoms with Gasteiger partial charge in [-0.05, 0) is 37.1 Å². The van der Waals surface area contributed by atoms with Crippen molar-refractivity contribution in [1.29, 1.82) is 0 Å². The number of carbonyl (C=O) groups excluding carboxylic acids is 1. The van der Waals surface area contributed by atoms with Gasteiger partial charge in [-0.25, -0.2) is 0 Å². The fourth-order valence-electron chi connectivity index (χ4n) is 2.78. The first-order valence-electron chi connectivity index (χ1n) is 7.21. The van der Waals surface area contributed by atoms with Crippen LogP contribution in [0.15, 0.2) is 24.3 Å². The average molecular weight is 277 g/mol. The molecular weight excluding hydrogens is 254 g/mol. The molecule has 1 aliphatic heterocycles. The van der Waals surface area contributed by atoms with Crippen molar-refractivity contribution in [3.8, 4) is 5.75 Å². The number of esters is 1. The van der Waals surface area contributed by atoms with E-state index in [-0.39, 0.29) is 11.4 Å². The van der Waals surface area contributed by atoms with E-state index in [1.54, 1.807) is 7.11 Å². The molecule has 1 N–H and O–H groups in total. The van der Waals surface area contributed by atoms with Crippen molar-refractivity contribution in [3.05, 3.63) is 29.8 Å². The summed E-state index contributed by atoms with van der Waals surface area (Å²) in [6.07, 6.45) is 2.75. The molecule has 110 valence electrons. The average Bonchev–Trinajstić information content (AvgIpc) is 2.95. The van der Waals surface area contributed by atoms with Gasteiger partial charge in [-0.1, -0.05) is 25.5 Å². The highest BCUT2D eigenvalue weighted by Gasteiger charge is 2.41. The van der Waals surface area contributed by atoms with Crippen LogP contribution in [0.25, 0.3) is 0 Å². The smallest absolute Gasteiger partial charge is 0.313 e. The SMILES string of the molecule is CCCC1(C(=O)OCc2cccc(OC)c2)CCNC1. The summed E-state index contributed by atoms with van der Waals surface area (Å²) in [4.78, 5) is 12.4.